The Hall–Kier alpha value is -2.05. The van der Waals surface area contributed by atoms with Crippen LogP contribution in [0.15, 0.2) is 47.4 Å². The molecule has 1 aliphatic rings. The molecule has 0 unspecified atom stereocenters. The number of hydrogen-bond acceptors (Lipinski definition) is 3. The Morgan fingerprint density at radius 2 is 2.09 bits per heavy atom. The molecule has 0 saturated carbocycles. The maximum absolute atomic E-state index is 13.7. The molecule has 2 aromatic rings. The highest BCUT2D eigenvalue weighted by molar-refractivity contribution is 8.01. The van der Waals surface area contributed by atoms with E-state index in [1.54, 1.807) is 6.07 Å². The zero-order valence-electron chi connectivity index (χ0n) is 11.8. The van der Waals surface area contributed by atoms with E-state index in [-0.39, 0.29) is 23.0 Å². The van der Waals surface area contributed by atoms with Gasteiger partial charge in [-0.25, -0.2) is 4.39 Å². The summed E-state index contributed by atoms with van der Waals surface area (Å²) in [5.74, 6) is -1.28. The van der Waals surface area contributed by atoms with E-state index >= 15 is 0 Å². The molecular formula is C16H12ClFN2O2S. The van der Waals surface area contributed by atoms with Crippen LogP contribution in [-0.4, -0.2) is 17.1 Å². The summed E-state index contributed by atoms with van der Waals surface area (Å²) in [5.41, 5.74) is 0.781. The maximum atomic E-state index is 13.7. The fraction of sp³-hybridized carbons (Fsp3) is 0.125. The van der Waals surface area contributed by atoms with Crippen molar-refractivity contribution in [3.8, 4) is 0 Å². The molecule has 2 N–H and O–H groups in total. The largest absolute Gasteiger partial charge is 0.324 e. The highest BCUT2D eigenvalue weighted by Gasteiger charge is 2.28. The van der Waals surface area contributed by atoms with Gasteiger partial charge in [-0.1, -0.05) is 23.7 Å². The van der Waals surface area contributed by atoms with Crippen LogP contribution in [0.1, 0.15) is 6.42 Å². The second-order valence-corrected chi connectivity index (χ2v) is 6.65. The molecular weight excluding hydrogens is 339 g/mol. The van der Waals surface area contributed by atoms with E-state index in [2.05, 4.69) is 10.6 Å². The number of anilines is 2. The number of thioether (sulfide) groups is 1. The molecule has 118 valence electrons. The van der Waals surface area contributed by atoms with Crippen LogP contribution in [0.5, 0.6) is 0 Å². The Bertz CT molecular complexity index is 784. The molecule has 7 heteroatoms. The molecule has 0 radical (unpaired) electrons. The predicted molar refractivity (Wildman–Crippen MR) is 89.4 cm³/mol. The molecule has 0 fully saturated rings. The summed E-state index contributed by atoms with van der Waals surface area (Å²) in [7, 11) is 0. The number of rotatable bonds is 3. The third kappa shape index (κ3) is 3.65. The van der Waals surface area contributed by atoms with Crippen LogP contribution >= 0.6 is 23.4 Å². The van der Waals surface area contributed by atoms with Crippen LogP contribution in [0.25, 0.3) is 0 Å². The lowest BCUT2D eigenvalue weighted by atomic mass is 10.2. The van der Waals surface area contributed by atoms with E-state index in [1.165, 1.54) is 23.9 Å². The number of carbonyl (C=O) groups excluding carboxylic acids is 2. The number of hydrogen-bond donors (Lipinski definition) is 2. The number of nitrogens with one attached hydrogen (secondary N) is 2. The molecule has 2 amide bonds. The smallest absolute Gasteiger partial charge is 0.238 e. The molecule has 1 heterocycles. The standard InChI is InChI=1S/C16H12ClFN2O2S/c17-9-5-6-11(10(18)7-9)19-15(21)8-14-16(22)20-12-3-1-2-4-13(12)23-14/h1-7,14H,8H2,(H,19,21)(H,20,22)/t14-/m0/s1. The summed E-state index contributed by atoms with van der Waals surface area (Å²) in [6.07, 6.45) is -0.0487. The van der Waals surface area contributed by atoms with Crippen LogP contribution in [0.4, 0.5) is 15.8 Å². The lowest BCUT2D eigenvalue weighted by molar-refractivity contribution is -0.120. The van der Waals surface area contributed by atoms with Gasteiger partial charge in [-0.3, -0.25) is 9.59 Å². The van der Waals surface area contributed by atoms with Crippen molar-refractivity contribution in [3.63, 3.8) is 0 Å². The lowest BCUT2D eigenvalue weighted by Gasteiger charge is -2.23. The van der Waals surface area contributed by atoms with Gasteiger partial charge in [0.2, 0.25) is 11.8 Å². The number of fused-ring (bicyclic) bond motifs is 1. The summed E-state index contributed by atoms with van der Waals surface area (Å²) < 4.78 is 13.7. The highest BCUT2D eigenvalue weighted by Crippen LogP contribution is 2.36. The maximum Gasteiger partial charge on any atom is 0.238 e. The third-order valence-corrected chi connectivity index (χ3v) is 4.79. The molecule has 3 rings (SSSR count). The van der Waals surface area contributed by atoms with Crippen LogP contribution < -0.4 is 10.6 Å². The second-order valence-electron chi connectivity index (χ2n) is 4.97. The van der Waals surface area contributed by atoms with Crippen molar-refractivity contribution in [2.24, 2.45) is 0 Å². The topological polar surface area (TPSA) is 58.2 Å². The lowest BCUT2D eigenvalue weighted by Crippen LogP contribution is -2.32. The number of para-hydroxylation sites is 1. The van der Waals surface area contributed by atoms with Gasteiger partial charge in [-0.05, 0) is 30.3 Å². The SMILES string of the molecule is O=C(C[C@@H]1Sc2ccccc2NC1=O)Nc1ccc(Cl)cc1F. The third-order valence-electron chi connectivity index (χ3n) is 3.28. The van der Waals surface area contributed by atoms with Gasteiger partial charge >= 0.3 is 0 Å². The van der Waals surface area contributed by atoms with Crippen molar-refractivity contribution in [1.82, 2.24) is 0 Å². The number of halogens is 2. The van der Waals surface area contributed by atoms with Crippen molar-refractivity contribution in [2.75, 3.05) is 10.6 Å². The van der Waals surface area contributed by atoms with Crippen LogP contribution in [-0.2, 0) is 9.59 Å². The van der Waals surface area contributed by atoms with E-state index in [0.29, 0.717) is 0 Å². The van der Waals surface area contributed by atoms with Gasteiger partial charge in [-0.2, -0.15) is 0 Å². The number of benzene rings is 2. The van der Waals surface area contributed by atoms with Crippen molar-refractivity contribution in [2.45, 2.75) is 16.6 Å². The average molecular weight is 351 g/mol. The Balaban J connectivity index is 1.67. The number of carbonyl (C=O) groups is 2. The Morgan fingerprint density at radius 3 is 2.87 bits per heavy atom. The molecule has 0 saturated heterocycles. The fourth-order valence-electron chi connectivity index (χ4n) is 2.19. The normalized spacial score (nSPS) is 16.4. The van der Waals surface area contributed by atoms with Gasteiger partial charge < -0.3 is 10.6 Å². The minimum Gasteiger partial charge on any atom is -0.324 e. The van der Waals surface area contributed by atoms with E-state index in [4.69, 9.17) is 11.6 Å². The number of amides is 2. The van der Waals surface area contributed by atoms with Crippen molar-refractivity contribution in [1.29, 1.82) is 0 Å². The molecule has 0 aliphatic carbocycles. The van der Waals surface area contributed by atoms with Gasteiger partial charge in [0.1, 0.15) is 5.82 Å². The summed E-state index contributed by atoms with van der Waals surface area (Å²) in [6, 6.07) is 11.4. The first-order valence-corrected chi connectivity index (χ1v) is 8.10. The van der Waals surface area contributed by atoms with E-state index in [9.17, 15) is 14.0 Å². The van der Waals surface area contributed by atoms with E-state index in [0.717, 1.165) is 16.6 Å². The molecule has 0 spiro atoms. The Labute approximate surface area is 141 Å². The predicted octanol–water partition coefficient (Wildman–Crippen LogP) is 3.92. The average Bonchev–Trinajstić information content (AvgIpc) is 2.51. The first-order valence-electron chi connectivity index (χ1n) is 6.84. The van der Waals surface area contributed by atoms with Crippen LogP contribution in [0.2, 0.25) is 5.02 Å². The van der Waals surface area contributed by atoms with Crippen molar-refractivity contribution in [3.05, 3.63) is 53.3 Å². The van der Waals surface area contributed by atoms with Crippen molar-refractivity contribution < 1.29 is 14.0 Å². The van der Waals surface area contributed by atoms with Gasteiger partial charge in [0.15, 0.2) is 0 Å². The second kappa shape index (κ2) is 6.60. The highest BCUT2D eigenvalue weighted by atomic mass is 35.5. The zero-order valence-corrected chi connectivity index (χ0v) is 13.4. The van der Waals surface area contributed by atoms with Gasteiger partial charge in [0.25, 0.3) is 0 Å². The van der Waals surface area contributed by atoms with Crippen LogP contribution in [0.3, 0.4) is 0 Å². The molecule has 23 heavy (non-hydrogen) atoms. The van der Waals surface area contributed by atoms with Gasteiger partial charge in [0, 0.05) is 16.3 Å². The van der Waals surface area contributed by atoms with Gasteiger partial charge in [-0.15, -0.1) is 11.8 Å². The molecule has 0 aromatic heterocycles. The van der Waals surface area contributed by atoms with E-state index in [1.807, 2.05) is 18.2 Å². The summed E-state index contributed by atoms with van der Waals surface area (Å²) >= 11 is 6.99. The minimum atomic E-state index is -0.614. The summed E-state index contributed by atoms with van der Waals surface area (Å²) in [6.45, 7) is 0. The Morgan fingerprint density at radius 1 is 1.30 bits per heavy atom. The Kier molecular flexibility index (Phi) is 4.54. The zero-order chi connectivity index (χ0) is 16.4. The van der Waals surface area contributed by atoms with Crippen LogP contribution in [0, 0.1) is 5.82 Å². The minimum absolute atomic E-state index is 0.0426. The molecule has 4 nitrogen and oxygen atoms in total. The first kappa shape index (κ1) is 15.8. The fourth-order valence-corrected chi connectivity index (χ4v) is 3.46. The summed E-state index contributed by atoms with van der Waals surface area (Å²) in [5, 5.41) is 4.92. The molecule has 1 atom stereocenters. The monoisotopic (exact) mass is 350 g/mol. The molecule has 0 bridgehead atoms. The van der Waals surface area contributed by atoms with E-state index < -0.39 is 17.0 Å². The molecule has 1 aliphatic heterocycles. The van der Waals surface area contributed by atoms with Gasteiger partial charge in [0.05, 0.1) is 16.6 Å². The quantitative estimate of drug-likeness (QED) is 0.882. The summed E-state index contributed by atoms with van der Waals surface area (Å²) in [4.78, 5) is 25.0. The molecule has 2 aromatic carbocycles. The van der Waals surface area contributed by atoms with Crippen molar-refractivity contribution >= 4 is 46.6 Å². The first-order chi connectivity index (χ1) is 11.0.